The van der Waals surface area contributed by atoms with E-state index in [2.05, 4.69) is 36.5 Å². The zero-order valence-electron chi connectivity index (χ0n) is 12.2. The highest BCUT2D eigenvalue weighted by Crippen LogP contribution is 2.13. The van der Waals surface area contributed by atoms with Gasteiger partial charge in [-0.15, -0.1) is 0 Å². The molecular formula is C17H19N3O. The van der Waals surface area contributed by atoms with E-state index in [9.17, 15) is 4.79 Å². The van der Waals surface area contributed by atoms with Crippen LogP contribution in [-0.2, 0) is 0 Å². The maximum atomic E-state index is 11.8. The Labute approximate surface area is 124 Å². The van der Waals surface area contributed by atoms with Crippen LogP contribution in [0.5, 0.6) is 0 Å². The SMILES string of the molecule is CC(C)c1ccc(/C=N/NC(=O)c2ccc(N)cc2)cc1. The number of carbonyl (C=O) groups is 1. The summed E-state index contributed by atoms with van der Waals surface area (Å²) in [6, 6.07) is 14.8. The molecule has 0 saturated heterocycles. The molecule has 0 heterocycles. The number of nitrogens with one attached hydrogen (secondary N) is 1. The van der Waals surface area contributed by atoms with Crippen LogP contribution in [0.4, 0.5) is 5.69 Å². The van der Waals surface area contributed by atoms with E-state index >= 15 is 0 Å². The van der Waals surface area contributed by atoms with Gasteiger partial charge in [0, 0.05) is 11.3 Å². The molecule has 0 aliphatic carbocycles. The van der Waals surface area contributed by atoms with Gasteiger partial charge in [0.05, 0.1) is 6.21 Å². The van der Waals surface area contributed by atoms with Crippen molar-refractivity contribution in [1.29, 1.82) is 0 Å². The van der Waals surface area contributed by atoms with Crippen molar-refractivity contribution in [2.24, 2.45) is 5.10 Å². The van der Waals surface area contributed by atoms with Crippen LogP contribution in [0.1, 0.15) is 41.3 Å². The molecule has 4 nitrogen and oxygen atoms in total. The van der Waals surface area contributed by atoms with E-state index in [1.807, 2.05) is 12.1 Å². The zero-order chi connectivity index (χ0) is 15.2. The molecule has 2 aromatic carbocycles. The highest BCUT2D eigenvalue weighted by molar-refractivity contribution is 5.95. The van der Waals surface area contributed by atoms with Gasteiger partial charge < -0.3 is 5.73 Å². The fourth-order valence-corrected chi connectivity index (χ4v) is 1.83. The molecule has 0 unspecified atom stereocenters. The Kier molecular flexibility index (Phi) is 4.72. The third kappa shape index (κ3) is 4.18. The van der Waals surface area contributed by atoms with Crippen molar-refractivity contribution in [1.82, 2.24) is 5.43 Å². The second-order valence-corrected chi connectivity index (χ2v) is 5.14. The van der Waals surface area contributed by atoms with Crippen LogP contribution < -0.4 is 11.2 Å². The number of nitrogen functional groups attached to an aromatic ring is 1. The molecule has 0 radical (unpaired) electrons. The van der Waals surface area contributed by atoms with E-state index in [-0.39, 0.29) is 5.91 Å². The maximum Gasteiger partial charge on any atom is 0.271 e. The van der Waals surface area contributed by atoms with Crippen molar-refractivity contribution in [2.45, 2.75) is 19.8 Å². The van der Waals surface area contributed by atoms with E-state index in [4.69, 9.17) is 5.73 Å². The predicted molar refractivity (Wildman–Crippen MR) is 86.4 cm³/mol. The van der Waals surface area contributed by atoms with Crippen molar-refractivity contribution in [2.75, 3.05) is 5.73 Å². The second-order valence-electron chi connectivity index (χ2n) is 5.14. The lowest BCUT2D eigenvalue weighted by molar-refractivity contribution is 0.0955. The molecule has 0 aliphatic rings. The lowest BCUT2D eigenvalue weighted by Crippen LogP contribution is -2.17. The quantitative estimate of drug-likeness (QED) is 0.513. The molecule has 0 aliphatic heterocycles. The molecule has 0 bridgehead atoms. The summed E-state index contributed by atoms with van der Waals surface area (Å²) in [7, 11) is 0. The largest absolute Gasteiger partial charge is 0.399 e. The summed E-state index contributed by atoms with van der Waals surface area (Å²) < 4.78 is 0. The van der Waals surface area contributed by atoms with Gasteiger partial charge in [0.1, 0.15) is 0 Å². The van der Waals surface area contributed by atoms with Gasteiger partial charge in [0.2, 0.25) is 0 Å². The van der Waals surface area contributed by atoms with Crippen molar-refractivity contribution in [3.8, 4) is 0 Å². The molecule has 0 aromatic heterocycles. The van der Waals surface area contributed by atoms with E-state index in [0.717, 1.165) is 5.56 Å². The van der Waals surface area contributed by atoms with Crippen molar-refractivity contribution in [3.05, 3.63) is 65.2 Å². The minimum Gasteiger partial charge on any atom is -0.399 e. The Balaban J connectivity index is 1.95. The number of nitrogens with zero attached hydrogens (tertiary/aromatic N) is 1. The molecule has 0 spiro atoms. The Morgan fingerprint density at radius 1 is 1.10 bits per heavy atom. The Morgan fingerprint density at radius 3 is 2.29 bits per heavy atom. The first kappa shape index (κ1) is 14.8. The highest BCUT2D eigenvalue weighted by atomic mass is 16.2. The molecule has 0 atom stereocenters. The molecule has 2 aromatic rings. The van der Waals surface area contributed by atoms with Crippen molar-refractivity contribution < 1.29 is 4.79 Å². The fraction of sp³-hybridized carbons (Fsp3) is 0.176. The minimum atomic E-state index is -0.259. The van der Waals surface area contributed by atoms with Crippen LogP contribution >= 0.6 is 0 Å². The van der Waals surface area contributed by atoms with Crippen LogP contribution in [0.2, 0.25) is 0 Å². The zero-order valence-corrected chi connectivity index (χ0v) is 12.2. The number of amides is 1. The normalized spacial score (nSPS) is 11.0. The summed E-state index contributed by atoms with van der Waals surface area (Å²) in [5.41, 5.74) is 11.4. The lowest BCUT2D eigenvalue weighted by Gasteiger charge is -2.04. The molecule has 1 amide bonds. The molecular weight excluding hydrogens is 262 g/mol. The molecule has 21 heavy (non-hydrogen) atoms. The summed E-state index contributed by atoms with van der Waals surface area (Å²) >= 11 is 0. The Bertz CT molecular complexity index is 628. The molecule has 108 valence electrons. The molecule has 3 N–H and O–H groups in total. The molecule has 0 fully saturated rings. The van der Waals surface area contributed by atoms with Gasteiger partial charge in [-0.1, -0.05) is 38.1 Å². The second kappa shape index (κ2) is 6.70. The minimum absolute atomic E-state index is 0.259. The number of rotatable bonds is 4. The Morgan fingerprint density at radius 2 is 1.71 bits per heavy atom. The number of hydrazone groups is 1. The standard InChI is InChI=1S/C17H19N3O/c1-12(2)14-5-3-13(4-6-14)11-19-20-17(21)15-7-9-16(18)10-8-15/h3-12H,18H2,1-2H3,(H,20,21)/b19-11+. The molecule has 0 saturated carbocycles. The molecule has 4 heteroatoms. The average molecular weight is 281 g/mol. The number of benzene rings is 2. The first-order valence-corrected chi connectivity index (χ1v) is 6.85. The Hall–Kier alpha value is -2.62. The maximum absolute atomic E-state index is 11.8. The summed E-state index contributed by atoms with van der Waals surface area (Å²) in [6.45, 7) is 4.30. The van der Waals surface area contributed by atoms with Gasteiger partial charge in [-0.3, -0.25) is 4.79 Å². The van der Waals surface area contributed by atoms with Crippen molar-refractivity contribution in [3.63, 3.8) is 0 Å². The van der Waals surface area contributed by atoms with Crippen molar-refractivity contribution >= 4 is 17.8 Å². The van der Waals surface area contributed by atoms with Gasteiger partial charge in [-0.25, -0.2) is 5.43 Å². The van der Waals surface area contributed by atoms with Gasteiger partial charge in [0.15, 0.2) is 0 Å². The predicted octanol–water partition coefficient (Wildman–Crippen LogP) is 3.16. The smallest absolute Gasteiger partial charge is 0.271 e. The summed E-state index contributed by atoms with van der Waals surface area (Å²) in [5.74, 6) is 0.242. The fourth-order valence-electron chi connectivity index (χ4n) is 1.83. The van der Waals surface area contributed by atoms with Crippen LogP contribution in [0.3, 0.4) is 0 Å². The summed E-state index contributed by atoms with van der Waals surface area (Å²) in [4.78, 5) is 11.8. The van der Waals surface area contributed by atoms with Crippen LogP contribution in [-0.4, -0.2) is 12.1 Å². The summed E-state index contributed by atoms with van der Waals surface area (Å²) in [5, 5.41) is 3.96. The van der Waals surface area contributed by atoms with E-state index in [1.165, 1.54) is 5.56 Å². The third-order valence-electron chi connectivity index (χ3n) is 3.16. The van der Waals surface area contributed by atoms with E-state index in [1.54, 1.807) is 30.5 Å². The lowest BCUT2D eigenvalue weighted by atomic mass is 10.0. The number of hydrogen-bond acceptors (Lipinski definition) is 3. The summed E-state index contributed by atoms with van der Waals surface area (Å²) in [6.07, 6.45) is 1.62. The monoisotopic (exact) mass is 281 g/mol. The van der Waals surface area contributed by atoms with Crippen LogP contribution in [0.25, 0.3) is 0 Å². The third-order valence-corrected chi connectivity index (χ3v) is 3.16. The number of anilines is 1. The highest BCUT2D eigenvalue weighted by Gasteiger charge is 2.02. The number of carbonyl (C=O) groups excluding carboxylic acids is 1. The van der Waals surface area contributed by atoms with Gasteiger partial charge in [-0.05, 0) is 41.3 Å². The van der Waals surface area contributed by atoms with Gasteiger partial charge in [0.25, 0.3) is 5.91 Å². The average Bonchev–Trinajstić information content (AvgIpc) is 2.48. The van der Waals surface area contributed by atoms with E-state index < -0.39 is 0 Å². The first-order chi connectivity index (χ1) is 10.1. The van der Waals surface area contributed by atoms with Gasteiger partial charge >= 0.3 is 0 Å². The van der Waals surface area contributed by atoms with Gasteiger partial charge in [-0.2, -0.15) is 5.10 Å². The van der Waals surface area contributed by atoms with E-state index in [0.29, 0.717) is 17.2 Å². The molecule has 2 rings (SSSR count). The van der Waals surface area contributed by atoms with Crippen LogP contribution in [0.15, 0.2) is 53.6 Å². The van der Waals surface area contributed by atoms with Crippen LogP contribution in [0, 0.1) is 0 Å². The first-order valence-electron chi connectivity index (χ1n) is 6.85. The number of nitrogens with two attached hydrogens (primary N) is 1. The topological polar surface area (TPSA) is 67.5 Å². The number of hydrogen-bond donors (Lipinski definition) is 2.